The van der Waals surface area contributed by atoms with Gasteiger partial charge in [-0.15, -0.1) is 0 Å². The van der Waals surface area contributed by atoms with Gasteiger partial charge in [0.25, 0.3) is 11.6 Å². The molecule has 3 aromatic rings. The largest absolute Gasteiger partial charge is 0.506 e. The van der Waals surface area contributed by atoms with Gasteiger partial charge in [0.05, 0.1) is 22.1 Å². The third-order valence-corrected chi connectivity index (χ3v) is 6.37. The van der Waals surface area contributed by atoms with Crippen molar-refractivity contribution in [3.05, 3.63) is 96.2 Å². The van der Waals surface area contributed by atoms with Crippen LogP contribution in [0.2, 0.25) is 5.02 Å². The number of carbonyl (C=O) groups is 1. The second-order valence-corrected chi connectivity index (χ2v) is 8.53. The number of phenols is 1. The number of benzene rings is 3. The Morgan fingerprint density at radius 1 is 1.24 bits per heavy atom. The summed E-state index contributed by atoms with van der Waals surface area (Å²) in [6, 6.07) is 10.6. The molecule has 2 N–H and O–H groups in total. The number of halogens is 3. The highest BCUT2D eigenvalue weighted by Crippen LogP contribution is 2.53. The number of amides is 1. The molecule has 11 heteroatoms. The van der Waals surface area contributed by atoms with Gasteiger partial charge < -0.3 is 14.9 Å². The van der Waals surface area contributed by atoms with Gasteiger partial charge in [-0.1, -0.05) is 23.7 Å². The predicted molar refractivity (Wildman–Crippen MR) is 120 cm³/mol. The molecule has 1 aliphatic heterocycles. The van der Waals surface area contributed by atoms with Crippen molar-refractivity contribution in [3.8, 4) is 11.5 Å². The van der Waals surface area contributed by atoms with E-state index in [4.69, 9.17) is 16.3 Å². The molecule has 0 spiro atoms. The van der Waals surface area contributed by atoms with Gasteiger partial charge in [-0.2, -0.15) is 0 Å². The van der Waals surface area contributed by atoms with Gasteiger partial charge >= 0.3 is 0 Å². The van der Waals surface area contributed by atoms with Crippen molar-refractivity contribution in [2.24, 2.45) is 0 Å². The van der Waals surface area contributed by atoms with Gasteiger partial charge in [0.15, 0.2) is 0 Å². The lowest BCUT2D eigenvalue weighted by Gasteiger charge is -2.35. The van der Waals surface area contributed by atoms with E-state index >= 15 is 0 Å². The number of nitro benzene ring substituents is 1. The maximum absolute atomic E-state index is 14.2. The van der Waals surface area contributed by atoms with Crippen LogP contribution in [0.1, 0.15) is 27.0 Å². The molecule has 1 heterocycles. The first kappa shape index (κ1) is 23.0. The van der Waals surface area contributed by atoms with Crippen molar-refractivity contribution >= 4 is 39.1 Å². The Balaban J connectivity index is 2.02. The van der Waals surface area contributed by atoms with Gasteiger partial charge in [-0.25, -0.2) is 4.39 Å². The number of nitro groups is 1. The first-order valence-electron chi connectivity index (χ1n) is 9.42. The van der Waals surface area contributed by atoms with Crippen LogP contribution < -0.4 is 4.74 Å². The molecule has 8 nitrogen and oxygen atoms in total. The minimum atomic E-state index is -2.55. The molecule has 0 fully saturated rings. The third-order valence-electron chi connectivity index (χ3n) is 5.43. The minimum absolute atomic E-state index is 0.111. The SMILES string of the molecule is COc1ccc(CN2C(=O)c3c(O)c(Br)cc([N+](=O)[O-])c3C2(O)c2cc(F)ccc2Cl)cc1. The molecule has 0 radical (unpaired) electrons. The number of methoxy groups -OCH3 is 1. The van der Waals surface area contributed by atoms with Gasteiger partial charge in [-0.05, 0) is 51.8 Å². The Morgan fingerprint density at radius 3 is 2.52 bits per heavy atom. The van der Waals surface area contributed by atoms with Crippen molar-refractivity contribution in [1.29, 1.82) is 0 Å². The van der Waals surface area contributed by atoms with E-state index in [0.29, 0.717) is 11.3 Å². The molecule has 1 amide bonds. The molecule has 0 saturated carbocycles. The summed E-state index contributed by atoms with van der Waals surface area (Å²) in [6.07, 6.45) is 0. The van der Waals surface area contributed by atoms with Gasteiger partial charge in [-0.3, -0.25) is 19.8 Å². The molecule has 1 atom stereocenters. The minimum Gasteiger partial charge on any atom is -0.506 e. The van der Waals surface area contributed by atoms with E-state index in [1.165, 1.54) is 13.2 Å². The fourth-order valence-corrected chi connectivity index (χ4v) is 4.56. The molecule has 4 rings (SSSR count). The number of nitrogens with zero attached hydrogens (tertiary/aromatic N) is 2. The molecule has 1 aliphatic rings. The summed E-state index contributed by atoms with van der Waals surface area (Å²) in [7, 11) is 1.49. The predicted octanol–water partition coefficient (Wildman–Crippen LogP) is 4.71. The number of carbonyl (C=O) groups excluding carboxylic acids is 1. The Kier molecular flexibility index (Phi) is 5.77. The monoisotopic (exact) mass is 536 g/mol. The Bertz CT molecular complexity index is 1300. The second kappa shape index (κ2) is 8.29. The van der Waals surface area contributed by atoms with E-state index in [1.54, 1.807) is 24.3 Å². The number of aliphatic hydroxyl groups is 1. The maximum atomic E-state index is 14.2. The average Bonchev–Trinajstić information content (AvgIpc) is 3.01. The van der Waals surface area contributed by atoms with Crippen LogP contribution in [0.4, 0.5) is 10.1 Å². The first-order chi connectivity index (χ1) is 15.6. The summed E-state index contributed by atoms with van der Waals surface area (Å²) in [5.74, 6) is -1.72. The van der Waals surface area contributed by atoms with Crippen LogP contribution in [0, 0.1) is 15.9 Å². The summed E-state index contributed by atoms with van der Waals surface area (Å²) in [5, 5.41) is 34.3. The molecule has 3 aromatic carbocycles. The van der Waals surface area contributed by atoms with Crippen LogP contribution in [-0.2, 0) is 12.3 Å². The highest BCUT2D eigenvalue weighted by atomic mass is 79.9. The molecule has 1 unspecified atom stereocenters. The van der Waals surface area contributed by atoms with Crippen molar-refractivity contribution in [2.45, 2.75) is 12.3 Å². The number of fused-ring (bicyclic) bond motifs is 1. The highest BCUT2D eigenvalue weighted by molar-refractivity contribution is 9.10. The summed E-state index contributed by atoms with van der Waals surface area (Å²) in [5.41, 5.74) is -3.93. The summed E-state index contributed by atoms with van der Waals surface area (Å²) >= 11 is 9.28. The molecular formula is C22H15BrClFN2O6. The Morgan fingerprint density at radius 2 is 1.91 bits per heavy atom. The molecule has 0 aliphatic carbocycles. The number of hydrogen-bond donors (Lipinski definition) is 2. The molecule has 0 saturated heterocycles. The number of ether oxygens (including phenoxy) is 1. The fourth-order valence-electron chi connectivity index (χ4n) is 3.89. The van der Waals surface area contributed by atoms with Crippen LogP contribution in [0.25, 0.3) is 0 Å². The zero-order valence-electron chi connectivity index (χ0n) is 16.9. The normalized spacial score (nSPS) is 17.2. The molecule has 33 heavy (non-hydrogen) atoms. The van der Waals surface area contributed by atoms with E-state index in [2.05, 4.69) is 15.9 Å². The summed E-state index contributed by atoms with van der Waals surface area (Å²) in [4.78, 5) is 25.4. The zero-order chi connectivity index (χ0) is 24.1. The number of rotatable bonds is 5. The van der Waals surface area contributed by atoms with Gasteiger partial charge in [0.1, 0.15) is 22.9 Å². The Labute approximate surface area is 200 Å². The van der Waals surface area contributed by atoms with Crippen LogP contribution in [0.5, 0.6) is 11.5 Å². The lowest BCUT2D eigenvalue weighted by Crippen LogP contribution is -2.44. The molecule has 170 valence electrons. The smallest absolute Gasteiger partial charge is 0.280 e. The van der Waals surface area contributed by atoms with E-state index in [0.717, 1.165) is 23.1 Å². The highest BCUT2D eigenvalue weighted by Gasteiger charge is 2.56. The standard InChI is InChI=1S/C22H15BrClFN2O6/c1-33-13-5-2-11(3-6-13)10-26-21(29)18-19(17(27(31)32)9-15(23)20(18)28)22(26,30)14-8-12(25)4-7-16(14)24/h2-9,28,30H,10H2,1H3. The molecular weight excluding hydrogens is 523 g/mol. The van der Waals surface area contributed by atoms with Crippen LogP contribution in [0.15, 0.2) is 53.0 Å². The first-order valence-corrected chi connectivity index (χ1v) is 10.6. The second-order valence-electron chi connectivity index (χ2n) is 7.27. The van der Waals surface area contributed by atoms with Gasteiger partial charge in [0.2, 0.25) is 5.72 Å². The van der Waals surface area contributed by atoms with Crippen molar-refractivity contribution < 1.29 is 29.1 Å². The van der Waals surface area contributed by atoms with Crippen LogP contribution in [0.3, 0.4) is 0 Å². The number of aromatic hydroxyl groups is 1. The van der Waals surface area contributed by atoms with Gasteiger partial charge in [0, 0.05) is 23.2 Å². The van der Waals surface area contributed by atoms with E-state index in [9.17, 15) is 29.5 Å². The average molecular weight is 538 g/mol. The number of phenolic OH excluding ortho intramolecular Hbond substituents is 1. The van der Waals surface area contributed by atoms with Crippen molar-refractivity contribution in [2.75, 3.05) is 7.11 Å². The molecule has 0 aromatic heterocycles. The van der Waals surface area contributed by atoms with Crippen LogP contribution in [-0.4, -0.2) is 33.1 Å². The topological polar surface area (TPSA) is 113 Å². The quantitative estimate of drug-likeness (QED) is 0.360. The van der Waals surface area contributed by atoms with E-state index < -0.39 is 44.9 Å². The zero-order valence-corrected chi connectivity index (χ0v) is 19.2. The third kappa shape index (κ3) is 3.60. The molecule has 0 bridgehead atoms. The van der Waals surface area contributed by atoms with E-state index in [1.807, 2.05) is 0 Å². The van der Waals surface area contributed by atoms with E-state index in [-0.39, 0.29) is 21.6 Å². The van der Waals surface area contributed by atoms with Crippen LogP contribution >= 0.6 is 27.5 Å². The van der Waals surface area contributed by atoms with Crippen molar-refractivity contribution in [1.82, 2.24) is 4.90 Å². The number of hydrogen-bond acceptors (Lipinski definition) is 6. The lowest BCUT2D eigenvalue weighted by molar-refractivity contribution is -0.386. The maximum Gasteiger partial charge on any atom is 0.280 e. The Hall–Kier alpha value is -3.21. The van der Waals surface area contributed by atoms with Crippen molar-refractivity contribution in [3.63, 3.8) is 0 Å². The summed E-state index contributed by atoms with van der Waals surface area (Å²) < 4.78 is 19.2. The lowest BCUT2D eigenvalue weighted by atomic mass is 9.91. The summed E-state index contributed by atoms with van der Waals surface area (Å²) in [6.45, 7) is -0.241. The fraction of sp³-hybridized carbons (Fsp3) is 0.136.